The maximum Gasteiger partial charge on any atom is 0.317 e. The van der Waals surface area contributed by atoms with E-state index in [1.54, 1.807) is 0 Å². The Bertz CT molecular complexity index is 628. The zero-order valence-electron chi connectivity index (χ0n) is 13.8. The molecular weight excluding hydrogens is 292 g/mol. The fraction of sp³-hybridized carbons (Fsp3) is 0.529. The number of para-hydroxylation sites is 2. The Hall–Kier alpha value is -2.08. The van der Waals surface area contributed by atoms with Crippen molar-refractivity contribution in [3.05, 3.63) is 30.2 Å². The van der Waals surface area contributed by atoms with E-state index < -0.39 is 0 Å². The molecule has 1 atom stereocenters. The Morgan fingerprint density at radius 2 is 2.04 bits per heavy atom. The molecule has 2 heterocycles. The molecule has 3 rings (SSSR count). The third-order valence-corrected chi connectivity index (χ3v) is 4.34. The maximum atomic E-state index is 12.1. The lowest BCUT2D eigenvalue weighted by molar-refractivity contribution is 0.128. The molecule has 1 aromatic carbocycles. The Kier molecular flexibility index (Phi) is 4.81. The van der Waals surface area contributed by atoms with Crippen LogP contribution in [0.2, 0.25) is 0 Å². The standard InChI is InChI=1S/C17H24N4O2/c1-3-13(2)18-17(22)21-10-8-20(9-11-21)12-16-19-14-6-4-5-7-15(14)23-16/h4-7,13H,3,8-12H2,1-2H3,(H,18,22)/t13-/m0/s1. The number of rotatable bonds is 4. The van der Waals surface area contributed by atoms with Gasteiger partial charge in [-0.1, -0.05) is 19.1 Å². The van der Waals surface area contributed by atoms with Crippen LogP contribution in [0.25, 0.3) is 11.1 Å². The summed E-state index contributed by atoms with van der Waals surface area (Å²) < 4.78 is 5.77. The molecular formula is C17H24N4O2. The van der Waals surface area contributed by atoms with E-state index in [0.29, 0.717) is 6.54 Å². The molecule has 23 heavy (non-hydrogen) atoms. The second-order valence-corrected chi connectivity index (χ2v) is 6.10. The first-order valence-corrected chi connectivity index (χ1v) is 8.28. The summed E-state index contributed by atoms with van der Waals surface area (Å²) in [6.07, 6.45) is 0.948. The van der Waals surface area contributed by atoms with Crippen LogP contribution >= 0.6 is 0 Å². The first-order chi connectivity index (χ1) is 11.2. The number of hydrogen-bond acceptors (Lipinski definition) is 4. The van der Waals surface area contributed by atoms with Gasteiger partial charge in [0.05, 0.1) is 6.54 Å². The van der Waals surface area contributed by atoms with Crippen molar-refractivity contribution in [2.24, 2.45) is 0 Å². The summed E-state index contributed by atoms with van der Waals surface area (Å²) in [6.45, 7) is 7.95. The maximum absolute atomic E-state index is 12.1. The summed E-state index contributed by atoms with van der Waals surface area (Å²) in [5.41, 5.74) is 1.73. The minimum Gasteiger partial charge on any atom is -0.439 e. The molecule has 1 saturated heterocycles. The van der Waals surface area contributed by atoms with Crippen molar-refractivity contribution in [3.8, 4) is 0 Å². The Morgan fingerprint density at radius 3 is 2.74 bits per heavy atom. The lowest BCUT2D eigenvalue weighted by atomic mass is 10.2. The fourth-order valence-electron chi connectivity index (χ4n) is 2.69. The molecule has 0 spiro atoms. The number of urea groups is 1. The number of fused-ring (bicyclic) bond motifs is 1. The van der Waals surface area contributed by atoms with E-state index in [1.165, 1.54) is 0 Å². The van der Waals surface area contributed by atoms with Crippen molar-refractivity contribution in [1.82, 2.24) is 20.1 Å². The molecule has 1 aliphatic heterocycles. The summed E-state index contributed by atoms with van der Waals surface area (Å²) in [7, 11) is 0. The second-order valence-electron chi connectivity index (χ2n) is 6.10. The lowest BCUT2D eigenvalue weighted by Crippen LogP contribution is -2.52. The van der Waals surface area contributed by atoms with Crippen LogP contribution in [0.5, 0.6) is 0 Å². The van der Waals surface area contributed by atoms with Gasteiger partial charge < -0.3 is 14.6 Å². The van der Waals surface area contributed by atoms with Gasteiger partial charge in [-0.15, -0.1) is 0 Å². The van der Waals surface area contributed by atoms with E-state index in [4.69, 9.17) is 4.42 Å². The first kappa shape index (κ1) is 15.8. The normalized spacial score (nSPS) is 17.4. The van der Waals surface area contributed by atoms with Gasteiger partial charge in [-0.3, -0.25) is 4.90 Å². The molecule has 6 heteroatoms. The van der Waals surface area contributed by atoms with Crippen LogP contribution in [-0.2, 0) is 6.54 Å². The molecule has 2 amide bonds. The van der Waals surface area contributed by atoms with E-state index in [-0.39, 0.29) is 12.1 Å². The third-order valence-electron chi connectivity index (χ3n) is 4.34. The SMILES string of the molecule is CC[C@H](C)NC(=O)N1CCN(Cc2nc3ccccc3o2)CC1. The highest BCUT2D eigenvalue weighted by Crippen LogP contribution is 2.16. The first-order valence-electron chi connectivity index (χ1n) is 8.28. The summed E-state index contributed by atoms with van der Waals surface area (Å²) in [5, 5.41) is 3.02. The Morgan fingerprint density at radius 1 is 1.30 bits per heavy atom. The predicted molar refractivity (Wildman–Crippen MR) is 89.1 cm³/mol. The lowest BCUT2D eigenvalue weighted by Gasteiger charge is -2.34. The number of hydrogen-bond donors (Lipinski definition) is 1. The Balaban J connectivity index is 1.52. The van der Waals surface area contributed by atoms with E-state index in [1.807, 2.05) is 36.1 Å². The second kappa shape index (κ2) is 7.00. The molecule has 1 aliphatic rings. The van der Waals surface area contributed by atoms with Gasteiger partial charge in [-0.05, 0) is 25.5 Å². The van der Waals surface area contributed by atoms with Crippen LogP contribution in [-0.4, -0.2) is 53.0 Å². The number of carbonyl (C=O) groups excluding carboxylic acids is 1. The molecule has 1 fully saturated rings. The van der Waals surface area contributed by atoms with Gasteiger partial charge >= 0.3 is 6.03 Å². The zero-order valence-corrected chi connectivity index (χ0v) is 13.8. The van der Waals surface area contributed by atoms with Crippen LogP contribution < -0.4 is 5.32 Å². The minimum absolute atomic E-state index is 0.0425. The van der Waals surface area contributed by atoms with Gasteiger partial charge in [0.15, 0.2) is 5.58 Å². The molecule has 0 radical (unpaired) electrons. The van der Waals surface area contributed by atoms with Gasteiger partial charge in [0, 0.05) is 32.2 Å². The van der Waals surface area contributed by atoms with Gasteiger partial charge in [-0.25, -0.2) is 9.78 Å². The molecule has 0 bridgehead atoms. The number of nitrogens with zero attached hydrogens (tertiary/aromatic N) is 3. The van der Waals surface area contributed by atoms with E-state index in [2.05, 4.69) is 22.1 Å². The smallest absolute Gasteiger partial charge is 0.317 e. The quantitative estimate of drug-likeness (QED) is 0.941. The van der Waals surface area contributed by atoms with Crippen molar-refractivity contribution in [2.45, 2.75) is 32.9 Å². The van der Waals surface area contributed by atoms with Gasteiger partial charge in [0.25, 0.3) is 0 Å². The zero-order chi connectivity index (χ0) is 16.2. The number of carbonyl (C=O) groups is 1. The largest absolute Gasteiger partial charge is 0.439 e. The molecule has 0 saturated carbocycles. The molecule has 0 aliphatic carbocycles. The molecule has 2 aromatic rings. The number of benzene rings is 1. The average Bonchev–Trinajstić information content (AvgIpc) is 2.97. The molecule has 124 valence electrons. The number of amides is 2. The van der Waals surface area contributed by atoms with Gasteiger partial charge in [-0.2, -0.15) is 0 Å². The van der Waals surface area contributed by atoms with Crippen LogP contribution in [0.1, 0.15) is 26.2 Å². The predicted octanol–water partition coefficient (Wildman–Crippen LogP) is 2.45. The number of piperazine rings is 1. The molecule has 1 aromatic heterocycles. The molecule has 0 unspecified atom stereocenters. The van der Waals surface area contributed by atoms with Crippen molar-refractivity contribution < 1.29 is 9.21 Å². The molecule has 6 nitrogen and oxygen atoms in total. The van der Waals surface area contributed by atoms with E-state index >= 15 is 0 Å². The van der Waals surface area contributed by atoms with Crippen molar-refractivity contribution in [1.29, 1.82) is 0 Å². The highest BCUT2D eigenvalue weighted by atomic mass is 16.3. The monoisotopic (exact) mass is 316 g/mol. The average molecular weight is 316 g/mol. The highest BCUT2D eigenvalue weighted by Gasteiger charge is 2.22. The van der Waals surface area contributed by atoms with E-state index in [9.17, 15) is 4.79 Å². The van der Waals surface area contributed by atoms with Crippen molar-refractivity contribution >= 4 is 17.1 Å². The van der Waals surface area contributed by atoms with Crippen LogP contribution in [0, 0.1) is 0 Å². The number of oxazole rings is 1. The van der Waals surface area contributed by atoms with Crippen LogP contribution in [0.15, 0.2) is 28.7 Å². The third kappa shape index (κ3) is 3.82. The summed E-state index contributed by atoms with van der Waals surface area (Å²) in [4.78, 5) is 20.8. The van der Waals surface area contributed by atoms with Gasteiger partial charge in [0.2, 0.25) is 5.89 Å². The number of nitrogens with one attached hydrogen (secondary N) is 1. The van der Waals surface area contributed by atoms with Crippen LogP contribution in [0.3, 0.4) is 0 Å². The fourth-order valence-corrected chi connectivity index (χ4v) is 2.69. The minimum atomic E-state index is 0.0425. The summed E-state index contributed by atoms with van der Waals surface area (Å²) in [5.74, 6) is 0.740. The highest BCUT2D eigenvalue weighted by molar-refractivity contribution is 5.74. The van der Waals surface area contributed by atoms with Crippen molar-refractivity contribution in [2.75, 3.05) is 26.2 Å². The summed E-state index contributed by atoms with van der Waals surface area (Å²) >= 11 is 0. The van der Waals surface area contributed by atoms with Crippen molar-refractivity contribution in [3.63, 3.8) is 0 Å². The topological polar surface area (TPSA) is 61.6 Å². The van der Waals surface area contributed by atoms with E-state index in [0.717, 1.165) is 49.6 Å². The summed E-state index contributed by atoms with van der Waals surface area (Å²) in [6, 6.07) is 8.07. The number of aromatic nitrogens is 1. The molecule has 1 N–H and O–H groups in total. The Labute approximate surface area is 136 Å². The van der Waals surface area contributed by atoms with Crippen LogP contribution in [0.4, 0.5) is 4.79 Å². The van der Waals surface area contributed by atoms with Gasteiger partial charge in [0.1, 0.15) is 5.52 Å².